The number of hydrogen-bond acceptors (Lipinski definition) is 4. The largest absolute Gasteiger partial charge is 0.374 e. The molecule has 0 aliphatic rings. The number of nitrogens with two attached hydrogens (primary N) is 1. The second kappa shape index (κ2) is 5.67. The van der Waals surface area contributed by atoms with Crippen molar-refractivity contribution in [2.45, 2.75) is 0 Å². The molecule has 0 aliphatic heterocycles. The van der Waals surface area contributed by atoms with Crippen LogP contribution in [0.4, 0.5) is 5.13 Å². The Labute approximate surface area is 121 Å². The Bertz CT molecular complexity index is 676. The van der Waals surface area contributed by atoms with Crippen molar-refractivity contribution in [3.63, 3.8) is 0 Å². The summed E-state index contributed by atoms with van der Waals surface area (Å²) in [6.07, 6.45) is 2.03. The lowest BCUT2D eigenvalue weighted by Gasteiger charge is -2.07. The van der Waals surface area contributed by atoms with Gasteiger partial charge in [-0.3, -0.25) is 0 Å². The van der Waals surface area contributed by atoms with Crippen molar-refractivity contribution in [1.82, 2.24) is 10.2 Å². The number of nitrogen functional groups attached to an aromatic ring is 1. The van der Waals surface area contributed by atoms with Crippen LogP contribution in [-0.2, 0) is 0 Å². The van der Waals surface area contributed by atoms with Gasteiger partial charge in [-0.05, 0) is 22.8 Å². The van der Waals surface area contributed by atoms with Crippen LogP contribution < -0.4 is 5.73 Å². The summed E-state index contributed by atoms with van der Waals surface area (Å²) < 4.78 is 0. The molecule has 2 aromatic carbocycles. The van der Waals surface area contributed by atoms with Gasteiger partial charge in [0, 0.05) is 0 Å². The molecule has 0 aliphatic carbocycles. The van der Waals surface area contributed by atoms with Crippen LogP contribution in [0.3, 0.4) is 0 Å². The van der Waals surface area contributed by atoms with Crippen LogP contribution in [0.1, 0.15) is 16.1 Å². The molecule has 0 bridgehead atoms. The molecule has 3 rings (SSSR count). The Morgan fingerprint density at radius 2 is 1.40 bits per heavy atom. The maximum Gasteiger partial charge on any atom is 0.203 e. The molecule has 0 unspecified atom stereocenters. The van der Waals surface area contributed by atoms with Crippen molar-refractivity contribution in [3.8, 4) is 0 Å². The molecule has 0 fully saturated rings. The molecule has 98 valence electrons. The van der Waals surface area contributed by atoms with Gasteiger partial charge in [0.25, 0.3) is 0 Å². The molecular weight excluding hydrogens is 266 g/mol. The summed E-state index contributed by atoms with van der Waals surface area (Å²) >= 11 is 1.38. The van der Waals surface area contributed by atoms with Gasteiger partial charge in [0.15, 0.2) is 0 Å². The normalized spacial score (nSPS) is 10.2. The Morgan fingerprint density at radius 3 is 1.85 bits per heavy atom. The third-order valence-corrected chi connectivity index (χ3v) is 3.59. The molecule has 0 saturated heterocycles. The van der Waals surface area contributed by atoms with Gasteiger partial charge in [-0.25, -0.2) is 0 Å². The van der Waals surface area contributed by atoms with Crippen molar-refractivity contribution in [1.29, 1.82) is 0 Å². The van der Waals surface area contributed by atoms with E-state index in [1.807, 2.05) is 42.5 Å². The summed E-state index contributed by atoms with van der Waals surface area (Å²) in [6, 6.07) is 20.5. The summed E-state index contributed by atoms with van der Waals surface area (Å²) in [4.78, 5) is 0. The Hall–Kier alpha value is -2.46. The molecule has 0 amide bonds. The van der Waals surface area contributed by atoms with E-state index in [9.17, 15) is 0 Å². The highest BCUT2D eigenvalue weighted by Gasteiger charge is 2.06. The van der Waals surface area contributed by atoms with E-state index in [2.05, 4.69) is 34.5 Å². The van der Waals surface area contributed by atoms with E-state index in [4.69, 9.17) is 5.73 Å². The van der Waals surface area contributed by atoms with Gasteiger partial charge < -0.3 is 5.73 Å². The molecule has 0 saturated carbocycles. The van der Waals surface area contributed by atoms with Crippen molar-refractivity contribution in [2.75, 3.05) is 5.73 Å². The van der Waals surface area contributed by atoms with E-state index in [1.54, 1.807) is 0 Å². The molecule has 0 radical (unpaired) electrons. The van der Waals surface area contributed by atoms with Crippen LogP contribution >= 0.6 is 11.3 Å². The topological polar surface area (TPSA) is 51.8 Å². The fourth-order valence-corrected chi connectivity index (χ4v) is 2.55. The highest BCUT2D eigenvalue weighted by molar-refractivity contribution is 7.15. The van der Waals surface area contributed by atoms with Gasteiger partial charge in [-0.1, -0.05) is 72.0 Å². The average Bonchev–Trinajstić information content (AvgIpc) is 2.92. The van der Waals surface area contributed by atoms with Gasteiger partial charge in [0.1, 0.15) is 5.01 Å². The van der Waals surface area contributed by atoms with Crippen molar-refractivity contribution >= 4 is 28.1 Å². The fraction of sp³-hybridized carbons (Fsp3) is 0. The third-order valence-electron chi connectivity index (χ3n) is 2.89. The molecule has 3 aromatic rings. The minimum Gasteiger partial charge on any atom is -0.374 e. The molecule has 0 atom stereocenters. The van der Waals surface area contributed by atoms with E-state index in [-0.39, 0.29) is 0 Å². The molecule has 2 N–H and O–H groups in total. The molecular formula is C16H13N3S. The van der Waals surface area contributed by atoms with Crippen molar-refractivity contribution < 1.29 is 0 Å². The average molecular weight is 279 g/mol. The lowest BCUT2D eigenvalue weighted by atomic mass is 9.98. The quantitative estimate of drug-likeness (QED) is 0.795. The fourth-order valence-electron chi connectivity index (χ4n) is 2.00. The first-order valence-electron chi connectivity index (χ1n) is 6.24. The highest BCUT2D eigenvalue weighted by atomic mass is 32.1. The minimum atomic E-state index is 0.483. The highest BCUT2D eigenvalue weighted by Crippen LogP contribution is 2.27. The number of anilines is 1. The van der Waals surface area contributed by atoms with Gasteiger partial charge in [-0.15, -0.1) is 10.2 Å². The maximum absolute atomic E-state index is 5.65. The van der Waals surface area contributed by atoms with E-state index in [0.29, 0.717) is 5.13 Å². The Balaban J connectivity index is 2.11. The molecule has 20 heavy (non-hydrogen) atoms. The Morgan fingerprint density at radius 1 is 0.850 bits per heavy atom. The zero-order chi connectivity index (χ0) is 13.8. The maximum atomic E-state index is 5.65. The smallest absolute Gasteiger partial charge is 0.203 e. The summed E-state index contributed by atoms with van der Waals surface area (Å²) in [7, 11) is 0. The van der Waals surface area contributed by atoms with Crippen LogP contribution in [0, 0.1) is 0 Å². The SMILES string of the molecule is Nc1nnc(C=C(c2ccccc2)c2ccccc2)s1. The zero-order valence-corrected chi connectivity index (χ0v) is 11.5. The van der Waals surface area contributed by atoms with E-state index < -0.39 is 0 Å². The van der Waals surface area contributed by atoms with Gasteiger partial charge in [0.05, 0.1) is 0 Å². The predicted octanol–water partition coefficient (Wildman–Crippen LogP) is 3.71. The summed E-state index contributed by atoms with van der Waals surface area (Å²) in [5.41, 5.74) is 9.05. The van der Waals surface area contributed by atoms with Gasteiger partial charge >= 0.3 is 0 Å². The summed E-state index contributed by atoms with van der Waals surface area (Å²) in [5.74, 6) is 0. The summed E-state index contributed by atoms with van der Waals surface area (Å²) in [5, 5.41) is 9.23. The van der Waals surface area contributed by atoms with Crippen LogP contribution in [-0.4, -0.2) is 10.2 Å². The lowest BCUT2D eigenvalue weighted by molar-refractivity contribution is 1.09. The van der Waals surface area contributed by atoms with Crippen LogP contribution in [0.2, 0.25) is 0 Å². The van der Waals surface area contributed by atoms with Crippen molar-refractivity contribution in [3.05, 3.63) is 76.8 Å². The van der Waals surface area contributed by atoms with E-state index >= 15 is 0 Å². The summed E-state index contributed by atoms with van der Waals surface area (Å²) in [6.45, 7) is 0. The standard InChI is InChI=1S/C16H13N3S/c17-16-19-18-15(20-16)11-14(12-7-3-1-4-8-12)13-9-5-2-6-10-13/h1-11H,(H2,17,19). The van der Waals surface area contributed by atoms with Gasteiger partial charge in [-0.2, -0.15) is 0 Å². The molecule has 1 aromatic heterocycles. The van der Waals surface area contributed by atoms with Crippen LogP contribution in [0.25, 0.3) is 11.6 Å². The zero-order valence-electron chi connectivity index (χ0n) is 10.7. The number of rotatable bonds is 3. The first kappa shape index (κ1) is 12.6. The number of nitrogens with zero attached hydrogens (tertiary/aromatic N) is 2. The minimum absolute atomic E-state index is 0.483. The van der Waals surface area contributed by atoms with Crippen LogP contribution in [0.15, 0.2) is 60.7 Å². The first-order valence-corrected chi connectivity index (χ1v) is 7.06. The number of hydrogen-bond donors (Lipinski definition) is 1. The second-order valence-corrected chi connectivity index (χ2v) is 5.31. The lowest BCUT2D eigenvalue weighted by Crippen LogP contribution is -1.87. The second-order valence-electron chi connectivity index (χ2n) is 4.27. The molecule has 1 heterocycles. The monoisotopic (exact) mass is 279 g/mol. The predicted molar refractivity (Wildman–Crippen MR) is 84.2 cm³/mol. The third kappa shape index (κ3) is 2.75. The Kier molecular flexibility index (Phi) is 3.56. The van der Waals surface area contributed by atoms with Crippen molar-refractivity contribution in [2.24, 2.45) is 0 Å². The van der Waals surface area contributed by atoms with E-state index in [1.165, 1.54) is 11.3 Å². The molecule has 0 spiro atoms. The van der Waals surface area contributed by atoms with E-state index in [0.717, 1.165) is 21.7 Å². The molecule has 3 nitrogen and oxygen atoms in total. The first-order chi connectivity index (χ1) is 9.83. The molecule has 4 heteroatoms. The van der Waals surface area contributed by atoms with Gasteiger partial charge in [0.2, 0.25) is 5.13 Å². The van der Waals surface area contributed by atoms with Crippen LogP contribution in [0.5, 0.6) is 0 Å². The number of aromatic nitrogens is 2. The number of benzene rings is 2.